The number of hydrogen-bond acceptors (Lipinski definition) is 6. The van der Waals surface area contributed by atoms with Crippen LogP contribution in [0, 0.1) is 21.4 Å². The Morgan fingerprint density at radius 2 is 2.47 bits per heavy atom. The number of aliphatic carboxylic acids is 1. The van der Waals surface area contributed by atoms with Crippen molar-refractivity contribution in [1.29, 1.82) is 5.26 Å². The van der Waals surface area contributed by atoms with E-state index in [1.54, 1.807) is 6.07 Å². The van der Waals surface area contributed by atoms with E-state index in [0.29, 0.717) is 0 Å². The van der Waals surface area contributed by atoms with E-state index < -0.39 is 22.6 Å². The fourth-order valence-electron chi connectivity index (χ4n) is 1.32. The van der Waals surface area contributed by atoms with E-state index in [1.165, 1.54) is 6.08 Å². The second kappa shape index (κ2) is 6.11. The Morgan fingerprint density at radius 1 is 1.79 bits per heavy atom. The molecule has 8 heteroatoms. The third kappa shape index (κ3) is 3.50. The number of carboxylic acid groups (broad SMARTS) is 1. The van der Waals surface area contributed by atoms with Crippen LogP contribution in [-0.2, 0) is 4.79 Å². The molecule has 0 aliphatic carbocycles. The number of nitrogens with one attached hydrogen (secondary N) is 1. The molecule has 0 fully saturated rings. The molecule has 1 atom stereocenters. The lowest BCUT2D eigenvalue weighted by Gasteiger charge is -2.12. The van der Waals surface area contributed by atoms with E-state index >= 15 is 0 Å². The number of aromatic nitrogens is 1. The normalized spacial score (nSPS) is 11.1. The van der Waals surface area contributed by atoms with Gasteiger partial charge in [-0.1, -0.05) is 6.08 Å². The molecule has 8 nitrogen and oxygen atoms in total. The van der Waals surface area contributed by atoms with E-state index in [1.807, 2.05) is 0 Å². The van der Waals surface area contributed by atoms with Crippen molar-refractivity contribution in [1.82, 2.24) is 4.98 Å². The first-order chi connectivity index (χ1) is 8.99. The van der Waals surface area contributed by atoms with Crippen molar-refractivity contribution in [2.45, 2.75) is 12.5 Å². The molecule has 1 aromatic heterocycles. The second-order valence-electron chi connectivity index (χ2n) is 3.52. The average molecular weight is 262 g/mol. The number of rotatable bonds is 6. The largest absolute Gasteiger partial charge is 0.480 e. The molecule has 0 aliphatic rings. The van der Waals surface area contributed by atoms with Crippen LogP contribution in [0.3, 0.4) is 0 Å². The summed E-state index contributed by atoms with van der Waals surface area (Å²) in [7, 11) is 0. The molecular formula is C11H10N4O4. The van der Waals surface area contributed by atoms with Gasteiger partial charge in [-0.2, -0.15) is 5.26 Å². The van der Waals surface area contributed by atoms with Crippen molar-refractivity contribution in [3.63, 3.8) is 0 Å². The molecule has 98 valence electrons. The zero-order valence-corrected chi connectivity index (χ0v) is 9.74. The van der Waals surface area contributed by atoms with E-state index in [-0.39, 0.29) is 17.8 Å². The predicted octanol–water partition coefficient (Wildman–Crippen LogP) is 1.30. The molecule has 2 N–H and O–H groups in total. The smallest absolute Gasteiger partial charge is 0.326 e. The van der Waals surface area contributed by atoms with Crippen LogP contribution in [0.1, 0.15) is 12.0 Å². The highest BCUT2D eigenvalue weighted by atomic mass is 16.6. The maximum Gasteiger partial charge on any atom is 0.326 e. The molecule has 1 heterocycles. The van der Waals surface area contributed by atoms with Gasteiger partial charge >= 0.3 is 11.7 Å². The Labute approximate surface area is 108 Å². The van der Waals surface area contributed by atoms with Crippen LogP contribution in [0.15, 0.2) is 24.9 Å². The maximum absolute atomic E-state index is 10.9. The SMILES string of the molecule is C=CCC(Nc1ncc(C#N)cc1[N+](=O)[O-])C(=O)O. The van der Waals surface area contributed by atoms with Crippen LogP contribution in [0.5, 0.6) is 0 Å². The van der Waals surface area contributed by atoms with Crippen molar-refractivity contribution in [2.75, 3.05) is 5.32 Å². The lowest BCUT2D eigenvalue weighted by molar-refractivity contribution is -0.384. The van der Waals surface area contributed by atoms with Crippen LogP contribution in [-0.4, -0.2) is 27.0 Å². The zero-order valence-electron chi connectivity index (χ0n) is 9.74. The van der Waals surface area contributed by atoms with Crippen molar-refractivity contribution in [3.05, 3.63) is 40.6 Å². The van der Waals surface area contributed by atoms with Crippen LogP contribution in [0.4, 0.5) is 11.5 Å². The average Bonchev–Trinajstić information content (AvgIpc) is 2.38. The maximum atomic E-state index is 10.9. The van der Waals surface area contributed by atoms with Crippen molar-refractivity contribution < 1.29 is 14.8 Å². The molecule has 0 saturated heterocycles. The molecule has 1 rings (SSSR count). The number of carboxylic acids is 1. The molecular weight excluding hydrogens is 252 g/mol. The van der Waals surface area contributed by atoms with Gasteiger partial charge in [0.15, 0.2) is 0 Å². The third-order valence-corrected chi connectivity index (χ3v) is 2.20. The van der Waals surface area contributed by atoms with E-state index in [2.05, 4.69) is 16.9 Å². The Kier molecular flexibility index (Phi) is 4.54. The highest BCUT2D eigenvalue weighted by Gasteiger charge is 2.22. The van der Waals surface area contributed by atoms with Gasteiger partial charge in [0.2, 0.25) is 5.82 Å². The lowest BCUT2D eigenvalue weighted by Crippen LogP contribution is -2.29. The summed E-state index contributed by atoms with van der Waals surface area (Å²) in [5, 5.41) is 30.9. The van der Waals surface area contributed by atoms with Gasteiger partial charge in [0.25, 0.3) is 0 Å². The number of nitro groups is 1. The van der Waals surface area contributed by atoms with E-state index in [9.17, 15) is 14.9 Å². The first-order valence-corrected chi connectivity index (χ1v) is 5.14. The van der Waals surface area contributed by atoms with E-state index in [0.717, 1.165) is 12.3 Å². The van der Waals surface area contributed by atoms with E-state index in [4.69, 9.17) is 10.4 Å². The minimum atomic E-state index is -1.18. The predicted molar refractivity (Wildman–Crippen MR) is 65.5 cm³/mol. The minimum Gasteiger partial charge on any atom is -0.480 e. The summed E-state index contributed by atoms with van der Waals surface area (Å²) in [6.07, 6.45) is 2.58. The second-order valence-corrected chi connectivity index (χ2v) is 3.52. The van der Waals surface area contributed by atoms with Gasteiger partial charge in [-0.05, 0) is 6.42 Å². The summed E-state index contributed by atoms with van der Waals surface area (Å²) in [4.78, 5) is 24.8. The van der Waals surface area contributed by atoms with Crippen molar-refractivity contribution >= 4 is 17.5 Å². The summed E-state index contributed by atoms with van der Waals surface area (Å²) in [6, 6.07) is 1.68. The van der Waals surface area contributed by atoms with Gasteiger partial charge in [0.05, 0.1) is 10.5 Å². The number of nitrogens with zero attached hydrogens (tertiary/aromatic N) is 3. The molecule has 19 heavy (non-hydrogen) atoms. The molecule has 0 bridgehead atoms. The Morgan fingerprint density at radius 3 is 2.95 bits per heavy atom. The van der Waals surface area contributed by atoms with Crippen molar-refractivity contribution in [3.8, 4) is 6.07 Å². The molecule has 0 amide bonds. The number of carbonyl (C=O) groups is 1. The summed E-state index contributed by atoms with van der Waals surface area (Å²) < 4.78 is 0. The van der Waals surface area contributed by atoms with Crippen LogP contribution in [0.2, 0.25) is 0 Å². The molecule has 0 radical (unpaired) electrons. The standard InChI is InChI=1S/C11H10N4O4/c1-2-3-8(11(16)17)14-10-9(15(18)19)4-7(5-12)6-13-10/h2,4,6,8H,1,3H2,(H,13,14)(H,16,17). The van der Waals surface area contributed by atoms with Crippen LogP contribution in [0.25, 0.3) is 0 Å². The number of pyridine rings is 1. The van der Waals surface area contributed by atoms with Crippen LogP contribution < -0.4 is 5.32 Å². The van der Waals surface area contributed by atoms with Gasteiger partial charge in [-0.3, -0.25) is 10.1 Å². The summed E-state index contributed by atoms with van der Waals surface area (Å²) in [5.74, 6) is -1.38. The molecule has 0 spiro atoms. The Hall–Kier alpha value is -2.95. The highest BCUT2D eigenvalue weighted by molar-refractivity contribution is 5.78. The van der Waals surface area contributed by atoms with Gasteiger partial charge < -0.3 is 10.4 Å². The first-order valence-electron chi connectivity index (χ1n) is 5.14. The fraction of sp³-hybridized carbons (Fsp3) is 0.182. The summed E-state index contributed by atoms with van der Waals surface area (Å²) >= 11 is 0. The molecule has 0 aromatic carbocycles. The van der Waals surface area contributed by atoms with Gasteiger partial charge in [-0.25, -0.2) is 9.78 Å². The monoisotopic (exact) mass is 262 g/mol. The molecule has 0 saturated carbocycles. The molecule has 1 aromatic rings. The Bertz CT molecular complexity index is 564. The Balaban J connectivity index is 3.12. The van der Waals surface area contributed by atoms with Crippen LogP contribution >= 0.6 is 0 Å². The summed E-state index contributed by atoms with van der Waals surface area (Å²) in [5.41, 5.74) is -0.429. The number of anilines is 1. The number of hydrogen-bond donors (Lipinski definition) is 2. The fourth-order valence-corrected chi connectivity index (χ4v) is 1.32. The first kappa shape index (κ1) is 14.1. The summed E-state index contributed by atoms with van der Waals surface area (Å²) in [6.45, 7) is 3.41. The highest BCUT2D eigenvalue weighted by Crippen LogP contribution is 2.23. The zero-order chi connectivity index (χ0) is 14.4. The number of nitriles is 1. The van der Waals surface area contributed by atoms with Gasteiger partial charge in [-0.15, -0.1) is 6.58 Å². The van der Waals surface area contributed by atoms with Crippen molar-refractivity contribution in [2.24, 2.45) is 0 Å². The third-order valence-electron chi connectivity index (χ3n) is 2.20. The molecule has 0 aliphatic heterocycles. The van der Waals surface area contributed by atoms with Gasteiger partial charge in [0, 0.05) is 12.3 Å². The topological polar surface area (TPSA) is 129 Å². The lowest BCUT2D eigenvalue weighted by atomic mass is 10.2. The minimum absolute atomic E-state index is 0.0212. The van der Waals surface area contributed by atoms with Gasteiger partial charge in [0.1, 0.15) is 12.1 Å². The molecule has 1 unspecified atom stereocenters. The quantitative estimate of drug-likeness (QED) is 0.449.